The first-order valence-electron chi connectivity index (χ1n) is 6.01. The van der Waals surface area contributed by atoms with Gasteiger partial charge in [0.1, 0.15) is 4.75 Å². The van der Waals surface area contributed by atoms with Crippen LogP contribution in [0.4, 0.5) is 0 Å². The zero-order valence-electron chi connectivity index (χ0n) is 10.5. The Labute approximate surface area is 98.5 Å². The van der Waals surface area contributed by atoms with Crippen LogP contribution in [0.5, 0.6) is 0 Å². The molecule has 0 N–H and O–H groups in total. The maximum Gasteiger partial charge on any atom is 0.159 e. The maximum absolute atomic E-state index is 12.2. The number of carbonyl (C=O) groups excluding carboxylic acids is 1. The molecule has 16 heavy (non-hydrogen) atoms. The monoisotopic (exact) mass is 246 g/mol. The Morgan fingerprint density at radius 2 is 1.50 bits per heavy atom. The van der Waals surface area contributed by atoms with Gasteiger partial charge in [-0.2, -0.15) is 0 Å². The topological polar surface area (TPSA) is 51.2 Å². The first-order chi connectivity index (χ1) is 7.27. The summed E-state index contributed by atoms with van der Waals surface area (Å²) >= 11 is 0. The summed E-state index contributed by atoms with van der Waals surface area (Å²) in [5.74, 6) is -0.135. The van der Waals surface area contributed by atoms with E-state index in [0.29, 0.717) is 0 Å². The minimum Gasteiger partial charge on any atom is -0.298 e. The first-order valence-corrected chi connectivity index (χ1v) is 7.90. The third-order valence-electron chi connectivity index (χ3n) is 3.75. The van der Waals surface area contributed by atoms with Crippen LogP contribution in [0.1, 0.15) is 52.4 Å². The Morgan fingerprint density at radius 3 is 1.88 bits per heavy atom. The van der Waals surface area contributed by atoms with Crippen LogP contribution in [0.3, 0.4) is 0 Å². The average Bonchev–Trinajstić information content (AvgIpc) is 2.42. The van der Waals surface area contributed by atoms with Crippen LogP contribution in [0, 0.1) is 5.92 Å². The summed E-state index contributed by atoms with van der Waals surface area (Å²) in [7, 11) is -3.31. The zero-order valence-corrected chi connectivity index (χ0v) is 11.3. The van der Waals surface area contributed by atoms with Crippen LogP contribution < -0.4 is 0 Å². The van der Waals surface area contributed by atoms with E-state index in [4.69, 9.17) is 0 Å². The molecule has 0 aromatic carbocycles. The van der Waals surface area contributed by atoms with E-state index < -0.39 is 14.6 Å². The third-order valence-corrected chi connectivity index (χ3v) is 5.80. The number of ketones is 1. The summed E-state index contributed by atoms with van der Waals surface area (Å²) in [4.78, 5) is 12.2. The van der Waals surface area contributed by atoms with Gasteiger partial charge in [-0.25, -0.2) is 8.42 Å². The SMILES string of the molecule is CC(C)(C(=O)C1CCCCCC1)S(C)(=O)=O. The second-order valence-electron chi connectivity index (χ2n) is 5.34. The second kappa shape index (κ2) is 4.86. The molecule has 1 aliphatic rings. The van der Waals surface area contributed by atoms with Crippen molar-refractivity contribution in [1.82, 2.24) is 0 Å². The average molecular weight is 246 g/mol. The molecule has 0 aromatic heterocycles. The van der Waals surface area contributed by atoms with E-state index in [1.54, 1.807) is 0 Å². The van der Waals surface area contributed by atoms with Crippen molar-refractivity contribution in [3.05, 3.63) is 0 Å². The highest BCUT2D eigenvalue weighted by atomic mass is 32.2. The fourth-order valence-corrected chi connectivity index (χ4v) is 2.75. The molecule has 94 valence electrons. The minimum atomic E-state index is -3.31. The van der Waals surface area contributed by atoms with Gasteiger partial charge >= 0.3 is 0 Å². The lowest BCUT2D eigenvalue weighted by Crippen LogP contribution is -2.43. The number of rotatable bonds is 3. The lowest BCUT2D eigenvalue weighted by Gasteiger charge is -2.26. The predicted molar refractivity (Wildman–Crippen MR) is 65.1 cm³/mol. The van der Waals surface area contributed by atoms with E-state index in [2.05, 4.69) is 0 Å². The van der Waals surface area contributed by atoms with Crippen LogP contribution in [0.15, 0.2) is 0 Å². The van der Waals surface area contributed by atoms with E-state index in [1.165, 1.54) is 26.7 Å². The number of sulfone groups is 1. The van der Waals surface area contributed by atoms with Crippen molar-refractivity contribution in [1.29, 1.82) is 0 Å². The summed E-state index contributed by atoms with van der Waals surface area (Å²) < 4.78 is 22.0. The third kappa shape index (κ3) is 2.84. The van der Waals surface area contributed by atoms with Gasteiger partial charge < -0.3 is 0 Å². The number of hydrogen-bond donors (Lipinski definition) is 0. The highest BCUT2D eigenvalue weighted by Gasteiger charge is 2.41. The molecule has 1 rings (SSSR count). The van der Waals surface area contributed by atoms with Gasteiger partial charge in [-0.15, -0.1) is 0 Å². The normalized spacial score (nSPS) is 20.4. The van der Waals surface area contributed by atoms with Crippen molar-refractivity contribution in [3.63, 3.8) is 0 Å². The van der Waals surface area contributed by atoms with E-state index >= 15 is 0 Å². The van der Waals surface area contributed by atoms with Crippen molar-refractivity contribution >= 4 is 15.6 Å². The van der Waals surface area contributed by atoms with Gasteiger partial charge in [0.25, 0.3) is 0 Å². The fraction of sp³-hybridized carbons (Fsp3) is 0.917. The maximum atomic E-state index is 12.2. The van der Waals surface area contributed by atoms with E-state index in [-0.39, 0.29) is 11.7 Å². The molecule has 1 aliphatic carbocycles. The smallest absolute Gasteiger partial charge is 0.159 e. The molecule has 0 unspecified atom stereocenters. The summed E-state index contributed by atoms with van der Waals surface area (Å²) in [5.41, 5.74) is 0. The molecule has 1 saturated carbocycles. The molecule has 0 heterocycles. The highest BCUT2D eigenvalue weighted by molar-refractivity contribution is 7.92. The molecule has 3 nitrogen and oxygen atoms in total. The Hall–Kier alpha value is -0.380. The fourth-order valence-electron chi connectivity index (χ4n) is 2.22. The largest absolute Gasteiger partial charge is 0.298 e. The lowest BCUT2D eigenvalue weighted by molar-refractivity contribution is -0.125. The Kier molecular flexibility index (Phi) is 4.16. The molecular weight excluding hydrogens is 224 g/mol. The highest BCUT2D eigenvalue weighted by Crippen LogP contribution is 2.30. The van der Waals surface area contributed by atoms with E-state index in [0.717, 1.165) is 31.9 Å². The molecule has 0 amide bonds. The molecule has 0 bridgehead atoms. The van der Waals surface area contributed by atoms with Crippen molar-refractivity contribution in [2.45, 2.75) is 57.1 Å². The van der Waals surface area contributed by atoms with Crippen LogP contribution in [-0.2, 0) is 14.6 Å². The van der Waals surface area contributed by atoms with Gasteiger partial charge in [-0.1, -0.05) is 25.7 Å². The minimum absolute atomic E-state index is 0.0489. The van der Waals surface area contributed by atoms with Crippen LogP contribution >= 0.6 is 0 Å². The zero-order chi connectivity index (χ0) is 12.4. The molecule has 0 spiro atoms. The molecule has 4 heteroatoms. The van der Waals surface area contributed by atoms with Crippen LogP contribution in [0.2, 0.25) is 0 Å². The second-order valence-corrected chi connectivity index (χ2v) is 7.90. The van der Waals surface area contributed by atoms with E-state index in [9.17, 15) is 13.2 Å². The summed E-state index contributed by atoms with van der Waals surface area (Å²) in [6.07, 6.45) is 7.32. The van der Waals surface area contributed by atoms with Gasteiger partial charge in [0.15, 0.2) is 15.6 Å². The van der Waals surface area contributed by atoms with Gasteiger partial charge in [0.05, 0.1) is 0 Å². The standard InChI is InChI=1S/C12H22O3S/c1-12(2,16(3,14)15)11(13)10-8-6-4-5-7-9-10/h10H,4-9H2,1-3H3. The molecule has 0 atom stereocenters. The van der Waals surface area contributed by atoms with Gasteiger partial charge in [-0.3, -0.25) is 4.79 Å². The molecule has 0 aliphatic heterocycles. The number of carbonyl (C=O) groups is 1. The van der Waals surface area contributed by atoms with Crippen LogP contribution in [0.25, 0.3) is 0 Å². The summed E-state index contributed by atoms with van der Waals surface area (Å²) in [6.45, 7) is 3.07. The molecule has 0 radical (unpaired) electrons. The van der Waals surface area contributed by atoms with E-state index in [1.807, 2.05) is 0 Å². The van der Waals surface area contributed by atoms with Gasteiger partial charge in [0.2, 0.25) is 0 Å². The summed E-state index contributed by atoms with van der Waals surface area (Å²) in [6, 6.07) is 0. The summed E-state index contributed by atoms with van der Waals surface area (Å²) in [5, 5.41) is 0. The number of Topliss-reactive ketones (excluding diaryl/α,β-unsaturated/α-hetero) is 1. The predicted octanol–water partition coefficient (Wildman–Crippen LogP) is 2.35. The Morgan fingerprint density at radius 1 is 1.06 bits per heavy atom. The molecule has 0 aromatic rings. The number of hydrogen-bond acceptors (Lipinski definition) is 3. The van der Waals surface area contributed by atoms with Crippen molar-refractivity contribution in [2.75, 3.05) is 6.26 Å². The van der Waals surface area contributed by atoms with Crippen molar-refractivity contribution < 1.29 is 13.2 Å². The van der Waals surface area contributed by atoms with Crippen LogP contribution in [-0.4, -0.2) is 25.2 Å². The van der Waals surface area contributed by atoms with Crippen molar-refractivity contribution in [2.24, 2.45) is 5.92 Å². The molecule has 0 saturated heterocycles. The van der Waals surface area contributed by atoms with Crippen molar-refractivity contribution in [3.8, 4) is 0 Å². The van der Waals surface area contributed by atoms with Gasteiger partial charge in [0, 0.05) is 12.2 Å². The Bertz CT molecular complexity index is 346. The Balaban J connectivity index is 2.84. The molecular formula is C12H22O3S. The lowest BCUT2D eigenvalue weighted by atomic mass is 9.89. The first kappa shape index (κ1) is 13.7. The molecule has 1 fully saturated rings. The van der Waals surface area contributed by atoms with Gasteiger partial charge in [-0.05, 0) is 26.7 Å². The quantitative estimate of drug-likeness (QED) is 0.718.